The van der Waals surface area contributed by atoms with Crippen LogP contribution in [0.3, 0.4) is 0 Å². The van der Waals surface area contributed by atoms with Gasteiger partial charge in [-0.25, -0.2) is 13.1 Å². The van der Waals surface area contributed by atoms with Crippen molar-refractivity contribution in [3.63, 3.8) is 0 Å². The number of carbonyl (C=O) groups excluding carboxylic acids is 1. The number of nitrogens with one attached hydrogen (secondary N) is 1. The Morgan fingerprint density at radius 1 is 0.957 bits per heavy atom. The number of nitrogens with zero attached hydrogens (tertiary/aromatic N) is 1. The van der Waals surface area contributed by atoms with E-state index in [-0.39, 0.29) is 51.1 Å². The lowest BCUT2D eigenvalue weighted by atomic mass is 9.48. The van der Waals surface area contributed by atoms with Gasteiger partial charge in [0.1, 0.15) is 0 Å². The zero-order valence-electron chi connectivity index (χ0n) is 25.7. The van der Waals surface area contributed by atoms with Gasteiger partial charge in [-0.2, -0.15) is 25.3 Å². The zero-order valence-corrected chi connectivity index (χ0v) is 28.3. The van der Waals surface area contributed by atoms with Gasteiger partial charge in [0, 0.05) is 36.7 Å². The molecule has 1 N–H and O–H groups in total. The lowest BCUT2D eigenvalue weighted by Crippen LogP contribution is -2.60. The van der Waals surface area contributed by atoms with Crippen LogP contribution in [0.1, 0.15) is 74.7 Å². The van der Waals surface area contributed by atoms with Gasteiger partial charge in [0.15, 0.2) is 0 Å². The summed E-state index contributed by atoms with van der Waals surface area (Å²) in [5, 5.41) is 0.639. The van der Waals surface area contributed by atoms with Gasteiger partial charge >= 0.3 is 6.36 Å². The van der Waals surface area contributed by atoms with Gasteiger partial charge in [0.2, 0.25) is 15.9 Å². The second kappa shape index (κ2) is 21.1. The number of halogens is 3. The molecule has 0 aromatic heterocycles. The fraction of sp³-hybridized carbons (Fsp3) is 0.629. The van der Waals surface area contributed by atoms with Crippen molar-refractivity contribution in [1.29, 1.82) is 0 Å². The number of sulfonamides is 1. The Morgan fingerprint density at radius 3 is 1.96 bits per heavy atom. The fourth-order valence-electron chi connectivity index (χ4n) is 7.79. The lowest BCUT2D eigenvalue weighted by Gasteiger charge is -2.60. The van der Waals surface area contributed by atoms with E-state index in [1.807, 2.05) is 18.0 Å². The van der Waals surface area contributed by atoms with Gasteiger partial charge in [-0.3, -0.25) is 9.53 Å². The predicted molar refractivity (Wildman–Crippen MR) is 197 cm³/mol. The van der Waals surface area contributed by atoms with E-state index >= 15 is 0 Å². The van der Waals surface area contributed by atoms with E-state index in [2.05, 4.69) is 80.3 Å². The number of ether oxygens (including phenoxy) is 1. The first-order valence-corrected chi connectivity index (χ1v) is 16.9. The first kappa shape index (κ1) is 49.3. The van der Waals surface area contributed by atoms with Crippen LogP contribution in [0, 0.1) is 54.3 Å². The summed E-state index contributed by atoms with van der Waals surface area (Å²) in [6.07, 6.45) is 21.8. The van der Waals surface area contributed by atoms with Crippen molar-refractivity contribution in [2.45, 2.75) is 98.0 Å². The number of fused-ring (bicyclic) bond motifs is 5. The third-order valence-corrected chi connectivity index (χ3v) is 11.2. The standard InChI is InChI=1S/C25H34N2O3S.C2H3F3O.2C2H2.CH4S2.3CH4/c1-24-15-13-20-18(9-12-22-25(20,2)16-14-23(28)27(22)3)19(24)10-11-21(24)26-31(29,30)17-7-5-4-6-8-17;1-6-2(3,4)5;2*1-2;2-1-3;;;/h4-8,14,16,18-22,26H,9-13,15H2,1-3H3;1H3;2*1-2H;2-3H,1H2;3*1H4/t18-,19?,20?,21-,22?,24-,25+;;;;;;;/m0......./s1. The normalized spacial score (nSPS) is 29.8. The Kier molecular flexibility index (Phi) is 22.1. The molecule has 3 aliphatic carbocycles. The monoisotopic (exact) mass is 722 g/mol. The van der Waals surface area contributed by atoms with Gasteiger partial charge in [0.05, 0.1) is 4.90 Å². The van der Waals surface area contributed by atoms with Crippen LogP contribution in [0.5, 0.6) is 0 Å². The average molecular weight is 723 g/mol. The highest BCUT2D eigenvalue weighted by Gasteiger charge is 2.60. The summed E-state index contributed by atoms with van der Waals surface area (Å²) in [6.45, 7) is 4.67. The number of carbonyl (C=O) groups is 1. The predicted octanol–water partition coefficient (Wildman–Crippen LogP) is 8.34. The lowest BCUT2D eigenvalue weighted by molar-refractivity contribution is -0.311. The smallest absolute Gasteiger partial charge is 0.338 e. The highest BCUT2D eigenvalue weighted by molar-refractivity contribution is 7.98. The molecule has 3 unspecified atom stereocenters. The number of rotatable bonds is 3. The Bertz CT molecular complexity index is 1230. The van der Waals surface area contributed by atoms with Crippen LogP contribution in [-0.4, -0.2) is 56.9 Å². The number of benzene rings is 1. The molecule has 3 saturated carbocycles. The highest BCUT2D eigenvalue weighted by atomic mass is 32.2. The number of hydrogen-bond acceptors (Lipinski definition) is 6. The molecule has 47 heavy (non-hydrogen) atoms. The number of hydrogen-bond donors (Lipinski definition) is 3. The quantitative estimate of drug-likeness (QED) is 0.167. The first-order valence-electron chi connectivity index (χ1n) is 14.2. The molecule has 3 fully saturated rings. The van der Waals surface area contributed by atoms with E-state index in [1.165, 1.54) is 0 Å². The van der Waals surface area contributed by atoms with Crippen molar-refractivity contribution in [3.8, 4) is 25.7 Å². The SMILES string of the molecule is C.C.C.C#C.C#C.CN1C(=O)C=C[C@]2(C)C3CC[C@@]4(C)C(CC[C@@H]4NS(=O)(=O)c4ccccc4)[C@@H]3CCC12.COC(F)(F)F.SCS. The maximum atomic E-state index is 13.0. The molecule has 0 spiro atoms. The van der Waals surface area contributed by atoms with Crippen molar-refractivity contribution in [3.05, 3.63) is 42.5 Å². The minimum atomic E-state index is -4.46. The molecule has 6 nitrogen and oxygen atoms in total. The molecule has 270 valence electrons. The Balaban J connectivity index is -0.00000106. The molecule has 1 aromatic carbocycles. The van der Waals surface area contributed by atoms with Crippen LogP contribution in [0.25, 0.3) is 0 Å². The van der Waals surface area contributed by atoms with Crippen molar-refractivity contribution in [1.82, 2.24) is 9.62 Å². The molecule has 0 saturated heterocycles. The maximum Gasteiger partial charge on any atom is 0.522 e. The van der Waals surface area contributed by atoms with Gasteiger partial charge in [-0.15, -0.1) is 38.9 Å². The number of thiol groups is 2. The third-order valence-electron chi connectivity index (χ3n) is 9.71. The Labute approximate surface area is 294 Å². The van der Waals surface area contributed by atoms with E-state index in [9.17, 15) is 26.4 Å². The summed E-state index contributed by atoms with van der Waals surface area (Å²) in [6, 6.07) is 9.00. The van der Waals surface area contributed by atoms with E-state index in [1.54, 1.807) is 30.3 Å². The molecule has 4 aliphatic rings. The van der Waals surface area contributed by atoms with Crippen LogP contribution in [0.2, 0.25) is 0 Å². The summed E-state index contributed by atoms with van der Waals surface area (Å²) in [5.74, 6) is 1.81. The zero-order chi connectivity index (χ0) is 33.9. The van der Waals surface area contributed by atoms with Crippen molar-refractivity contribution in [2.24, 2.45) is 28.6 Å². The number of methoxy groups -OCH3 is 1. The van der Waals surface area contributed by atoms with Gasteiger partial charge in [-0.05, 0) is 79.9 Å². The number of terminal acetylenes is 2. The number of likely N-dealkylation sites (N-methyl/N-ethyl adjacent to an activating group) is 1. The average Bonchev–Trinajstić information content (AvgIpc) is 3.33. The molecule has 0 radical (unpaired) electrons. The van der Waals surface area contributed by atoms with Crippen LogP contribution in [-0.2, 0) is 19.6 Å². The van der Waals surface area contributed by atoms with Crippen LogP contribution >= 0.6 is 25.3 Å². The number of amides is 1. The second-order valence-corrected chi connectivity index (χ2v) is 14.4. The van der Waals surface area contributed by atoms with E-state index < -0.39 is 16.4 Å². The number of alkyl halides is 3. The summed E-state index contributed by atoms with van der Waals surface area (Å²) < 4.78 is 63.8. The van der Waals surface area contributed by atoms with Crippen molar-refractivity contribution >= 4 is 41.2 Å². The first-order chi connectivity index (χ1) is 20.6. The van der Waals surface area contributed by atoms with E-state index in [0.29, 0.717) is 34.8 Å². The second-order valence-electron chi connectivity index (χ2n) is 11.5. The molecule has 12 heteroatoms. The van der Waals surface area contributed by atoms with E-state index in [4.69, 9.17) is 0 Å². The van der Waals surface area contributed by atoms with Crippen molar-refractivity contribution < 1.29 is 31.1 Å². The van der Waals surface area contributed by atoms with Crippen LogP contribution in [0.15, 0.2) is 47.4 Å². The van der Waals surface area contributed by atoms with Crippen LogP contribution in [0.4, 0.5) is 13.2 Å². The Morgan fingerprint density at radius 2 is 1.47 bits per heavy atom. The van der Waals surface area contributed by atoms with Gasteiger partial charge in [0.25, 0.3) is 0 Å². The summed E-state index contributed by atoms with van der Waals surface area (Å²) in [5.41, 5.74) is 0.0147. The molecular weight excluding hydrogens is 666 g/mol. The summed E-state index contributed by atoms with van der Waals surface area (Å²) >= 11 is 7.31. The highest BCUT2D eigenvalue weighted by Crippen LogP contribution is 2.64. The molecule has 1 aromatic rings. The summed E-state index contributed by atoms with van der Waals surface area (Å²) in [4.78, 5) is 14.6. The molecule has 1 amide bonds. The fourth-order valence-corrected chi connectivity index (χ4v) is 9.20. The molecule has 5 rings (SSSR count). The molecule has 1 aliphatic heterocycles. The minimum Gasteiger partial charge on any atom is -0.338 e. The van der Waals surface area contributed by atoms with Crippen molar-refractivity contribution in [2.75, 3.05) is 19.2 Å². The van der Waals surface area contributed by atoms with Gasteiger partial charge < -0.3 is 4.90 Å². The summed E-state index contributed by atoms with van der Waals surface area (Å²) in [7, 11) is -0.978. The van der Waals surface area contributed by atoms with Gasteiger partial charge in [-0.1, -0.05) is 60.4 Å². The topological polar surface area (TPSA) is 75.7 Å². The Hall–Kier alpha value is -2.09. The van der Waals surface area contributed by atoms with E-state index in [0.717, 1.165) is 38.5 Å². The third kappa shape index (κ3) is 11.5. The largest absolute Gasteiger partial charge is 0.522 e. The molecule has 0 bridgehead atoms. The van der Waals surface area contributed by atoms with Crippen LogP contribution < -0.4 is 4.72 Å². The molecule has 1 heterocycles. The molecular formula is C35H57F3N2O4S3. The minimum absolute atomic E-state index is 0. The molecule has 7 atom stereocenters. The maximum absolute atomic E-state index is 13.0.